The largest absolute Gasteiger partial charge is 0.443 e. The minimum Gasteiger partial charge on any atom is -0.443 e. The fourth-order valence-corrected chi connectivity index (χ4v) is 2.20. The van der Waals surface area contributed by atoms with Gasteiger partial charge in [-0.05, 0) is 45.0 Å². The van der Waals surface area contributed by atoms with Gasteiger partial charge in [-0.2, -0.15) is 0 Å². The average molecular weight is 301 g/mol. The summed E-state index contributed by atoms with van der Waals surface area (Å²) in [5.41, 5.74) is 5.45. The molecule has 7 nitrogen and oxygen atoms in total. The molecule has 1 aromatic rings. The molecule has 0 unspecified atom stereocenters. The zero-order valence-electron chi connectivity index (χ0n) is 11.9. The molecule has 20 heavy (non-hydrogen) atoms. The summed E-state index contributed by atoms with van der Waals surface area (Å²) in [6.07, 6.45) is -1.00. The zero-order valence-corrected chi connectivity index (χ0v) is 12.7. The third-order valence-corrected chi connectivity index (χ3v) is 3.38. The summed E-state index contributed by atoms with van der Waals surface area (Å²) in [4.78, 5) is 11.5. The van der Waals surface area contributed by atoms with Crippen LogP contribution < -0.4 is 15.6 Å². The number of ether oxygens (including phenoxy) is 1. The summed E-state index contributed by atoms with van der Waals surface area (Å²) < 4.78 is 30.7. The maximum absolute atomic E-state index is 11.9. The van der Waals surface area contributed by atoms with Crippen LogP contribution in [0.1, 0.15) is 20.8 Å². The second-order valence-corrected chi connectivity index (χ2v) is 6.69. The minimum atomic E-state index is -3.94. The second kappa shape index (κ2) is 6.10. The summed E-state index contributed by atoms with van der Waals surface area (Å²) in [5, 5.41) is 0. The number of anilines is 1. The van der Waals surface area contributed by atoms with Crippen molar-refractivity contribution in [3.8, 4) is 0 Å². The van der Waals surface area contributed by atoms with Crippen LogP contribution in [0.3, 0.4) is 0 Å². The molecule has 3 N–H and O–H groups in total. The van der Waals surface area contributed by atoms with Crippen LogP contribution in [0, 0.1) is 0 Å². The van der Waals surface area contributed by atoms with Crippen molar-refractivity contribution in [2.45, 2.75) is 31.3 Å². The summed E-state index contributed by atoms with van der Waals surface area (Å²) in [6, 6.07) is 5.90. The van der Waals surface area contributed by atoms with E-state index in [2.05, 4.69) is 10.9 Å². The maximum Gasteiger partial charge on any atom is 0.421 e. The van der Waals surface area contributed by atoms with Gasteiger partial charge < -0.3 is 10.2 Å². The third-order valence-electron chi connectivity index (χ3n) is 2.05. The van der Waals surface area contributed by atoms with Crippen molar-refractivity contribution < 1.29 is 17.9 Å². The van der Waals surface area contributed by atoms with Crippen molar-refractivity contribution >= 4 is 21.8 Å². The monoisotopic (exact) mass is 301 g/mol. The molecule has 0 saturated carbocycles. The Balaban J connectivity index is 2.81. The quantitative estimate of drug-likeness (QED) is 0.728. The fourth-order valence-electron chi connectivity index (χ4n) is 1.33. The van der Waals surface area contributed by atoms with E-state index in [0.717, 1.165) is 0 Å². The topological polar surface area (TPSA) is 96.5 Å². The molecule has 0 heterocycles. The highest BCUT2D eigenvalue weighted by atomic mass is 32.2. The standard InChI is InChI=1S/C12H19N3O4S/c1-12(2,3)19-11(16)15-20(17,18)10-7-5-9(6-8-10)14-13-4/h5-8,13-14H,1-4H3,(H,15,16). The van der Waals surface area contributed by atoms with Gasteiger partial charge >= 0.3 is 6.09 Å². The van der Waals surface area contributed by atoms with Crippen LogP contribution in [0.4, 0.5) is 10.5 Å². The first kappa shape index (κ1) is 16.3. The Hall–Kier alpha value is -1.80. The molecule has 0 aliphatic carbocycles. The van der Waals surface area contributed by atoms with Crippen LogP contribution in [0.2, 0.25) is 0 Å². The third kappa shape index (κ3) is 5.06. The van der Waals surface area contributed by atoms with Crippen molar-refractivity contribution in [2.75, 3.05) is 12.5 Å². The van der Waals surface area contributed by atoms with E-state index in [-0.39, 0.29) is 4.90 Å². The smallest absolute Gasteiger partial charge is 0.421 e. The number of benzene rings is 1. The van der Waals surface area contributed by atoms with Gasteiger partial charge in [-0.15, -0.1) is 0 Å². The minimum absolute atomic E-state index is 0.0231. The molecule has 0 spiro atoms. The Morgan fingerprint density at radius 3 is 2.15 bits per heavy atom. The maximum atomic E-state index is 11.9. The van der Waals surface area contributed by atoms with Crippen molar-refractivity contribution in [3.05, 3.63) is 24.3 Å². The highest BCUT2D eigenvalue weighted by Crippen LogP contribution is 2.14. The number of carbonyl (C=O) groups is 1. The molecule has 8 heteroatoms. The number of hydrogen-bond acceptors (Lipinski definition) is 6. The lowest BCUT2D eigenvalue weighted by Gasteiger charge is -2.19. The number of carbonyl (C=O) groups excluding carboxylic acids is 1. The highest BCUT2D eigenvalue weighted by molar-refractivity contribution is 7.90. The number of nitrogens with one attached hydrogen (secondary N) is 3. The van der Waals surface area contributed by atoms with Gasteiger partial charge in [0, 0.05) is 12.7 Å². The molecule has 0 atom stereocenters. The van der Waals surface area contributed by atoms with Crippen molar-refractivity contribution in [1.82, 2.24) is 10.1 Å². The molecule has 0 fully saturated rings. The van der Waals surface area contributed by atoms with E-state index in [4.69, 9.17) is 4.74 Å². The van der Waals surface area contributed by atoms with Crippen molar-refractivity contribution in [2.24, 2.45) is 0 Å². The molecule has 0 aliphatic heterocycles. The first-order valence-electron chi connectivity index (χ1n) is 5.93. The molecule has 0 aromatic heterocycles. The summed E-state index contributed by atoms with van der Waals surface area (Å²) in [6.45, 7) is 4.95. The normalized spacial score (nSPS) is 11.8. The Morgan fingerprint density at radius 2 is 1.70 bits per heavy atom. The van der Waals surface area contributed by atoms with Crippen LogP contribution in [0.25, 0.3) is 0 Å². The Labute approximate surface area is 118 Å². The lowest BCUT2D eigenvalue weighted by Crippen LogP contribution is -2.36. The predicted molar refractivity (Wildman–Crippen MR) is 75.7 cm³/mol. The lowest BCUT2D eigenvalue weighted by molar-refractivity contribution is 0.0570. The Morgan fingerprint density at radius 1 is 1.15 bits per heavy atom. The number of amides is 1. The van der Waals surface area contributed by atoms with E-state index in [1.54, 1.807) is 40.0 Å². The van der Waals surface area contributed by atoms with Crippen LogP contribution in [0.5, 0.6) is 0 Å². The van der Waals surface area contributed by atoms with Gasteiger partial charge in [-0.3, -0.25) is 0 Å². The highest BCUT2D eigenvalue weighted by Gasteiger charge is 2.22. The van der Waals surface area contributed by atoms with Gasteiger partial charge in [0.1, 0.15) is 5.60 Å². The SMILES string of the molecule is CNNc1ccc(S(=O)(=O)NC(=O)OC(C)(C)C)cc1. The summed E-state index contributed by atoms with van der Waals surface area (Å²) in [5.74, 6) is 0. The zero-order chi connectivity index (χ0) is 15.4. The molecule has 112 valence electrons. The predicted octanol–water partition coefficient (Wildman–Crippen LogP) is 1.45. The van der Waals surface area contributed by atoms with Crippen LogP contribution in [-0.4, -0.2) is 27.2 Å². The summed E-state index contributed by atoms with van der Waals surface area (Å²) in [7, 11) is -2.25. The van der Waals surface area contributed by atoms with Crippen molar-refractivity contribution in [3.63, 3.8) is 0 Å². The average Bonchev–Trinajstić information content (AvgIpc) is 2.26. The lowest BCUT2D eigenvalue weighted by atomic mass is 10.2. The molecular formula is C12H19N3O4S. The van der Waals surface area contributed by atoms with E-state index in [1.807, 2.05) is 4.72 Å². The molecule has 1 aromatic carbocycles. The Bertz CT molecular complexity index is 561. The molecule has 0 bridgehead atoms. The molecule has 1 amide bonds. The number of rotatable bonds is 4. The Kier molecular flexibility index (Phi) is 4.96. The van der Waals surface area contributed by atoms with Gasteiger partial charge in [-0.25, -0.2) is 23.4 Å². The fraction of sp³-hybridized carbons (Fsp3) is 0.417. The first-order valence-corrected chi connectivity index (χ1v) is 7.41. The van der Waals surface area contributed by atoms with Crippen LogP contribution in [0.15, 0.2) is 29.2 Å². The van der Waals surface area contributed by atoms with E-state index in [0.29, 0.717) is 5.69 Å². The van der Waals surface area contributed by atoms with Crippen molar-refractivity contribution in [1.29, 1.82) is 0 Å². The summed E-state index contributed by atoms with van der Waals surface area (Å²) >= 11 is 0. The van der Waals surface area contributed by atoms with Gasteiger partial charge in [0.05, 0.1) is 4.90 Å². The van der Waals surface area contributed by atoms with E-state index >= 15 is 0 Å². The van der Waals surface area contributed by atoms with Crippen LogP contribution >= 0.6 is 0 Å². The molecular weight excluding hydrogens is 282 g/mol. The molecule has 1 rings (SSSR count). The van der Waals surface area contributed by atoms with Gasteiger partial charge in [0.15, 0.2) is 0 Å². The first-order chi connectivity index (χ1) is 9.14. The number of hydrazine groups is 1. The molecule has 0 aliphatic rings. The molecule has 0 radical (unpaired) electrons. The van der Waals surface area contributed by atoms with E-state index in [9.17, 15) is 13.2 Å². The van der Waals surface area contributed by atoms with E-state index < -0.39 is 21.7 Å². The van der Waals surface area contributed by atoms with E-state index in [1.165, 1.54) is 12.1 Å². The number of sulfonamides is 1. The van der Waals surface area contributed by atoms with Gasteiger partial charge in [-0.1, -0.05) is 0 Å². The van der Waals surface area contributed by atoms with Gasteiger partial charge in [0.25, 0.3) is 10.0 Å². The van der Waals surface area contributed by atoms with Gasteiger partial charge in [0.2, 0.25) is 0 Å². The van der Waals surface area contributed by atoms with Crippen LogP contribution in [-0.2, 0) is 14.8 Å². The molecule has 0 saturated heterocycles. The second-order valence-electron chi connectivity index (χ2n) is 5.01. The number of hydrogen-bond donors (Lipinski definition) is 3.